The van der Waals surface area contributed by atoms with Gasteiger partial charge in [0, 0.05) is 11.5 Å². The van der Waals surface area contributed by atoms with Gasteiger partial charge < -0.3 is 5.11 Å². The summed E-state index contributed by atoms with van der Waals surface area (Å²) < 4.78 is 13.1. The molecule has 0 saturated carbocycles. The summed E-state index contributed by atoms with van der Waals surface area (Å²) in [5.41, 5.74) is 1.68. The van der Waals surface area contributed by atoms with Crippen LogP contribution in [0.1, 0.15) is 24.0 Å². The Hall–Kier alpha value is -1.83. The van der Waals surface area contributed by atoms with Crippen molar-refractivity contribution in [2.45, 2.75) is 12.8 Å². The van der Waals surface area contributed by atoms with Gasteiger partial charge in [-0.3, -0.25) is 0 Å². The van der Waals surface area contributed by atoms with Crippen LogP contribution in [-0.4, -0.2) is 5.11 Å². The Labute approximate surface area is 94.2 Å². The van der Waals surface area contributed by atoms with Gasteiger partial charge in [-0.05, 0) is 23.8 Å². The highest BCUT2D eigenvalue weighted by molar-refractivity contribution is 5.40. The molecule has 0 bridgehead atoms. The zero-order chi connectivity index (χ0) is 11.5. The highest BCUT2D eigenvalue weighted by atomic mass is 19.1. The van der Waals surface area contributed by atoms with Crippen LogP contribution in [0.15, 0.2) is 48.5 Å². The van der Waals surface area contributed by atoms with E-state index in [0.717, 1.165) is 5.56 Å². The molecule has 82 valence electrons. The Bertz CT molecular complexity index is 479. The number of hydrogen-bond donors (Lipinski definition) is 1. The third-order valence-corrected chi connectivity index (χ3v) is 2.76. The first kappa shape index (κ1) is 10.7. The molecular weight excluding hydrogens is 203 g/mol. The van der Waals surface area contributed by atoms with Crippen molar-refractivity contribution in [3.8, 4) is 5.75 Å². The summed E-state index contributed by atoms with van der Waals surface area (Å²) in [7, 11) is 0. The van der Waals surface area contributed by atoms with E-state index in [9.17, 15) is 9.50 Å². The fourth-order valence-corrected chi connectivity index (χ4v) is 1.79. The second-order valence-electron chi connectivity index (χ2n) is 3.84. The van der Waals surface area contributed by atoms with E-state index in [4.69, 9.17) is 0 Å². The Morgan fingerprint density at radius 2 is 1.75 bits per heavy atom. The first-order valence-corrected chi connectivity index (χ1v) is 5.22. The molecule has 0 radical (unpaired) electrons. The van der Waals surface area contributed by atoms with Crippen molar-refractivity contribution in [3.05, 3.63) is 65.5 Å². The van der Waals surface area contributed by atoms with Crippen molar-refractivity contribution >= 4 is 0 Å². The summed E-state index contributed by atoms with van der Waals surface area (Å²) in [6.07, 6.45) is 0. The molecule has 0 spiro atoms. The molecule has 0 aliphatic heterocycles. The molecule has 0 fully saturated rings. The van der Waals surface area contributed by atoms with Crippen LogP contribution in [0.4, 0.5) is 4.39 Å². The lowest BCUT2D eigenvalue weighted by molar-refractivity contribution is 0.463. The Morgan fingerprint density at radius 3 is 2.44 bits per heavy atom. The maximum absolute atomic E-state index is 13.1. The van der Waals surface area contributed by atoms with Gasteiger partial charge in [-0.25, -0.2) is 4.39 Å². The predicted octanol–water partition coefficient (Wildman–Crippen LogP) is 3.68. The molecule has 2 aromatic carbocycles. The number of hydrogen-bond acceptors (Lipinski definition) is 1. The van der Waals surface area contributed by atoms with E-state index >= 15 is 0 Å². The maximum atomic E-state index is 13.1. The van der Waals surface area contributed by atoms with Crippen LogP contribution in [0.3, 0.4) is 0 Å². The monoisotopic (exact) mass is 216 g/mol. The fraction of sp³-hybridized carbons (Fsp3) is 0.143. The summed E-state index contributed by atoms with van der Waals surface area (Å²) in [5.74, 6) is -0.203. The molecule has 0 aromatic heterocycles. The highest BCUT2D eigenvalue weighted by Crippen LogP contribution is 2.31. The van der Waals surface area contributed by atoms with Crippen LogP contribution in [0.5, 0.6) is 5.75 Å². The molecule has 1 atom stereocenters. The molecule has 16 heavy (non-hydrogen) atoms. The summed E-state index contributed by atoms with van der Waals surface area (Å²) in [5, 5.41) is 9.70. The molecule has 0 saturated heterocycles. The van der Waals surface area contributed by atoms with Crippen molar-refractivity contribution in [1.29, 1.82) is 0 Å². The fourth-order valence-electron chi connectivity index (χ4n) is 1.79. The van der Waals surface area contributed by atoms with Crippen LogP contribution in [0, 0.1) is 5.82 Å². The third-order valence-electron chi connectivity index (χ3n) is 2.76. The SMILES string of the molecule is CC(c1ccccc1)c1cc(F)ccc1O. The van der Waals surface area contributed by atoms with Crippen LogP contribution < -0.4 is 0 Å². The quantitative estimate of drug-likeness (QED) is 0.811. The van der Waals surface area contributed by atoms with Gasteiger partial charge in [0.05, 0.1) is 0 Å². The van der Waals surface area contributed by atoms with E-state index in [1.54, 1.807) is 0 Å². The first-order chi connectivity index (χ1) is 7.68. The number of aromatic hydroxyl groups is 1. The van der Waals surface area contributed by atoms with Gasteiger partial charge in [0.15, 0.2) is 0 Å². The molecule has 2 aromatic rings. The number of rotatable bonds is 2. The summed E-state index contributed by atoms with van der Waals surface area (Å²) in [4.78, 5) is 0. The molecule has 0 heterocycles. The Kier molecular flexibility index (Phi) is 2.91. The smallest absolute Gasteiger partial charge is 0.123 e. The number of benzene rings is 2. The van der Waals surface area contributed by atoms with Crippen LogP contribution in [-0.2, 0) is 0 Å². The van der Waals surface area contributed by atoms with E-state index in [2.05, 4.69) is 0 Å². The van der Waals surface area contributed by atoms with Crippen molar-refractivity contribution in [2.24, 2.45) is 0 Å². The standard InChI is InChI=1S/C14H13FO/c1-10(11-5-3-2-4-6-11)13-9-12(15)7-8-14(13)16/h2-10,16H,1H3. The van der Waals surface area contributed by atoms with Crippen molar-refractivity contribution < 1.29 is 9.50 Å². The largest absolute Gasteiger partial charge is 0.508 e. The normalized spacial score (nSPS) is 12.4. The maximum Gasteiger partial charge on any atom is 0.123 e. The molecule has 0 aliphatic carbocycles. The molecule has 2 rings (SSSR count). The lowest BCUT2D eigenvalue weighted by Crippen LogP contribution is -1.97. The lowest BCUT2D eigenvalue weighted by Gasteiger charge is -2.13. The van der Waals surface area contributed by atoms with Gasteiger partial charge in [0.1, 0.15) is 11.6 Å². The van der Waals surface area contributed by atoms with Gasteiger partial charge in [-0.2, -0.15) is 0 Å². The predicted molar refractivity (Wildman–Crippen MR) is 62.0 cm³/mol. The van der Waals surface area contributed by atoms with E-state index in [0.29, 0.717) is 5.56 Å². The van der Waals surface area contributed by atoms with Crippen molar-refractivity contribution in [3.63, 3.8) is 0 Å². The topological polar surface area (TPSA) is 20.2 Å². The van der Waals surface area contributed by atoms with Crippen LogP contribution >= 0.6 is 0 Å². The average molecular weight is 216 g/mol. The minimum absolute atomic E-state index is 0.0168. The highest BCUT2D eigenvalue weighted by Gasteiger charge is 2.12. The lowest BCUT2D eigenvalue weighted by atomic mass is 9.92. The molecule has 1 unspecified atom stereocenters. The summed E-state index contributed by atoms with van der Waals surface area (Å²) >= 11 is 0. The van der Waals surface area contributed by atoms with E-state index in [1.165, 1.54) is 18.2 Å². The summed E-state index contributed by atoms with van der Waals surface area (Å²) in [6, 6.07) is 13.8. The zero-order valence-corrected chi connectivity index (χ0v) is 9.02. The number of phenolic OH excluding ortho intramolecular Hbond substituents is 1. The van der Waals surface area contributed by atoms with E-state index in [1.807, 2.05) is 37.3 Å². The number of halogens is 1. The molecule has 1 N–H and O–H groups in total. The van der Waals surface area contributed by atoms with Crippen LogP contribution in [0.25, 0.3) is 0 Å². The molecular formula is C14H13FO. The minimum atomic E-state index is -0.324. The van der Waals surface area contributed by atoms with Crippen LogP contribution in [0.2, 0.25) is 0 Å². The van der Waals surface area contributed by atoms with Crippen molar-refractivity contribution in [2.75, 3.05) is 0 Å². The first-order valence-electron chi connectivity index (χ1n) is 5.22. The zero-order valence-electron chi connectivity index (χ0n) is 9.02. The average Bonchev–Trinajstić information content (AvgIpc) is 2.32. The van der Waals surface area contributed by atoms with Gasteiger partial charge >= 0.3 is 0 Å². The third kappa shape index (κ3) is 2.06. The van der Waals surface area contributed by atoms with Gasteiger partial charge in [0.25, 0.3) is 0 Å². The van der Waals surface area contributed by atoms with Gasteiger partial charge in [-0.1, -0.05) is 37.3 Å². The molecule has 2 heteroatoms. The van der Waals surface area contributed by atoms with Gasteiger partial charge in [-0.15, -0.1) is 0 Å². The summed E-state index contributed by atoms with van der Waals surface area (Å²) in [6.45, 7) is 1.95. The molecule has 0 aliphatic rings. The molecule has 1 nitrogen and oxygen atoms in total. The van der Waals surface area contributed by atoms with E-state index in [-0.39, 0.29) is 17.5 Å². The Balaban J connectivity index is 2.41. The second kappa shape index (κ2) is 4.35. The number of phenols is 1. The molecule has 0 amide bonds. The van der Waals surface area contributed by atoms with Crippen molar-refractivity contribution in [1.82, 2.24) is 0 Å². The minimum Gasteiger partial charge on any atom is -0.508 e. The van der Waals surface area contributed by atoms with Gasteiger partial charge in [0.2, 0.25) is 0 Å². The second-order valence-corrected chi connectivity index (χ2v) is 3.84. The Morgan fingerprint density at radius 1 is 1.06 bits per heavy atom. The van der Waals surface area contributed by atoms with E-state index < -0.39 is 0 Å².